The van der Waals surface area contributed by atoms with E-state index >= 15 is 0 Å². The zero-order chi connectivity index (χ0) is 15.3. The van der Waals surface area contributed by atoms with Gasteiger partial charge in [0, 0.05) is 12.1 Å². The largest absolute Gasteiger partial charge is 0.308 e. The molecular weight excluding hydrogens is 285 g/mol. The molecule has 0 aliphatic carbocycles. The van der Waals surface area contributed by atoms with Crippen LogP contribution in [0.25, 0.3) is 0 Å². The minimum Gasteiger partial charge on any atom is -0.308 e. The zero-order valence-electron chi connectivity index (χ0n) is 12.5. The molecule has 0 aromatic heterocycles. The van der Waals surface area contributed by atoms with E-state index in [-0.39, 0.29) is 16.4 Å². The Morgan fingerprint density at radius 1 is 1.05 bits per heavy atom. The van der Waals surface area contributed by atoms with Gasteiger partial charge in [-0.2, -0.15) is 0 Å². The number of hydrogen-bond donors (Lipinski definition) is 1. The van der Waals surface area contributed by atoms with Crippen molar-refractivity contribution in [2.45, 2.75) is 38.8 Å². The summed E-state index contributed by atoms with van der Waals surface area (Å²) in [6.07, 6.45) is 2.04. The van der Waals surface area contributed by atoms with Gasteiger partial charge < -0.3 is 5.32 Å². The summed E-state index contributed by atoms with van der Waals surface area (Å²) in [6.45, 7) is 4.97. The van der Waals surface area contributed by atoms with E-state index in [2.05, 4.69) is 43.4 Å². The van der Waals surface area contributed by atoms with Crippen LogP contribution in [-0.4, -0.2) is 5.54 Å². The second-order valence-electron chi connectivity index (χ2n) is 5.97. The first kappa shape index (κ1) is 16.0. The number of hydrogen-bond acceptors (Lipinski definition) is 1. The highest BCUT2D eigenvalue weighted by Crippen LogP contribution is 2.18. The van der Waals surface area contributed by atoms with Crippen molar-refractivity contribution in [3.05, 3.63) is 70.5 Å². The predicted octanol–water partition coefficient (Wildman–Crippen LogP) is 4.98. The van der Waals surface area contributed by atoms with Gasteiger partial charge in [-0.1, -0.05) is 48.0 Å². The van der Waals surface area contributed by atoms with E-state index in [1.54, 1.807) is 6.07 Å². The highest BCUT2D eigenvalue weighted by atomic mass is 35.5. The van der Waals surface area contributed by atoms with Crippen molar-refractivity contribution in [3.63, 3.8) is 0 Å². The van der Waals surface area contributed by atoms with Gasteiger partial charge in [0.05, 0.1) is 5.02 Å². The quantitative estimate of drug-likeness (QED) is 0.793. The Morgan fingerprint density at radius 2 is 1.76 bits per heavy atom. The molecule has 0 unspecified atom stereocenters. The van der Waals surface area contributed by atoms with E-state index in [1.807, 2.05) is 12.1 Å². The average molecular weight is 306 g/mol. The molecule has 0 heterocycles. The summed E-state index contributed by atoms with van der Waals surface area (Å²) >= 11 is 5.69. The van der Waals surface area contributed by atoms with Crippen LogP contribution in [0.2, 0.25) is 5.02 Å². The fourth-order valence-electron chi connectivity index (χ4n) is 2.18. The number of halogens is 2. The fourth-order valence-corrected chi connectivity index (χ4v) is 2.30. The van der Waals surface area contributed by atoms with Gasteiger partial charge in [0.2, 0.25) is 0 Å². The first-order valence-corrected chi connectivity index (χ1v) is 7.57. The van der Waals surface area contributed by atoms with Crippen LogP contribution in [0.3, 0.4) is 0 Å². The molecule has 1 N–H and O–H groups in total. The third kappa shape index (κ3) is 5.14. The van der Waals surface area contributed by atoms with E-state index in [0.717, 1.165) is 18.4 Å². The minimum atomic E-state index is -0.363. The Kier molecular flexibility index (Phi) is 5.38. The molecule has 112 valence electrons. The first-order valence-electron chi connectivity index (χ1n) is 7.19. The Labute approximate surface area is 131 Å². The third-order valence-electron chi connectivity index (χ3n) is 3.64. The standard InChI is InChI=1S/C18H21ClFN/c1-18(2,11-10-14-6-4-3-5-7-14)21-13-15-8-9-16(19)17(20)12-15/h3-9,12,21H,10-11,13H2,1-2H3. The summed E-state index contributed by atoms with van der Waals surface area (Å²) < 4.78 is 13.4. The fraction of sp³-hybridized carbons (Fsp3) is 0.333. The maximum absolute atomic E-state index is 13.4. The molecule has 3 heteroatoms. The summed E-state index contributed by atoms with van der Waals surface area (Å²) in [4.78, 5) is 0. The molecule has 2 aromatic carbocycles. The SMILES string of the molecule is CC(C)(CCc1ccccc1)NCc1ccc(Cl)c(F)c1. The maximum atomic E-state index is 13.4. The lowest BCUT2D eigenvalue weighted by molar-refractivity contribution is 0.360. The van der Waals surface area contributed by atoms with Gasteiger partial charge in [-0.05, 0) is 49.9 Å². The molecule has 0 aliphatic heterocycles. The van der Waals surface area contributed by atoms with Gasteiger partial charge >= 0.3 is 0 Å². The van der Waals surface area contributed by atoms with Gasteiger partial charge in [-0.15, -0.1) is 0 Å². The van der Waals surface area contributed by atoms with Crippen LogP contribution in [0, 0.1) is 5.82 Å². The molecule has 0 bridgehead atoms. The number of rotatable bonds is 6. The van der Waals surface area contributed by atoms with Crippen LogP contribution >= 0.6 is 11.6 Å². The van der Waals surface area contributed by atoms with E-state index < -0.39 is 0 Å². The maximum Gasteiger partial charge on any atom is 0.142 e. The summed E-state index contributed by atoms with van der Waals surface area (Å²) in [6, 6.07) is 15.4. The molecule has 1 nitrogen and oxygen atoms in total. The normalized spacial score (nSPS) is 11.6. The first-order chi connectivity index (χ1) is 9.96. The molecule has 0 radical (unpaired) electrons. The smallest absolute Gasteiger partial charge is 0.142 e. The second kappa shape index (κ2) is 7.06. The molecule has 0 spiro atoms. The van der Waals surface area contributed by atoms with E-state index in [1.165, 1.54) is 11.6 Å². The summed E-state index contributed by atoms with van der Waals surface area (Å²) in [7, 11) is 0. The molecular formula is C18H21ClFN. The van der Waals surface area contributed by atoms with E-state index in [9.17, 15) is 4.39 Å². The van der Waals surface area contributed by atoms with Crippen LogP contribution in [0.1, 0.15) is 31.4 Å². The van der Waals surface area contributed by atoms with Crippen LogP contribution in [0.15, 0.2) is 48.5 Å². The monoisotopic (exact) mass is 305 g/mol. The zero-order valence-corrected chi connectivity index (χ0v) is 13.3. The second-order valence-corrected chi connectivity index (χ2v) is 6.38. The number of nitrogens with one attached hydrogen (secondary N) is 1. The van der Waals surface area contributed by atoms with Gasteiger partial charge in [0.15, 0.2) is 0 Å². The summed E-state index contributed by atoms with van der Waals surface area (Å²) in [5, 5.41) is 3.65. The Hall–Kier alpha value is -1.38. The Morgan fingerprint density at radius 3 is 2.43 bits per heavy atom. The molecule has 0 saturated heterocycles. The molecule has 0 aliphatic rings. The van der Waals surface area contributed by atoms with E-state index in [0.29, 0.717) is 6.54 Å². The molecule has 0 atom stereocenters. The lowest BCUT2D eigenvalue weighted by atomic mass is 9.95. The van der Waals surface area contributed by atoms with E-state index in [4.69, 9.17) is 11.6 Å². The molecule has 21 heavy (non-hydrogen) atoms. The third-order valence-corrected chi connectivity index (χ3v) is 3.94. The number of benzene rings is 2. The lowest BCUT2D eigenvalue weighted by Crippen LogP contribution is -2.39. The van der Waals surface area contributed by atoms with Crippen LogP contribution in [-0.2, 0) is 13.0 Å². The lowest BCUT2D eigenvalue weighted by Gasteiger charge is -2.26. The molecule has 2 rings (SSSR count). The van der Waals surface area contributed by atoms with Crippen LogP contribution < -0.4 is 5.32 Å². The molecule has 2 aromatic rings. The topological polar surface area (TPSA) is 12.0 Å². The van der Waals surface area contributed by atoms with Crippen LogP contribution in [0.4, 0.5) is 4.39 Å². The van der Waals surface area contributed by atoms with Crippen molar-refractivity contribution >= 4 is 11.6 Å². The van der Waals surface area contributed by atoms with Gasteiger partial charge in [-0.3, -0.25) is 0 Å². The van der Waals surface area contributed by atoms with Crippen LogP contribution in [0.5, 0.6) is 0 Å². The minimum absolute atomic E-state index is 0.00798. The van der Waals surface area contributed by atoms with Crippen molar-refractivity contribution in [1.82, 2.24) is 5.32 Å². The van der Waals surface area contributed by atoms with Crippen molar-refractivity contribution in [3.8, 4) is 0 Å². The molecule has 0 amide bonds. The van der Waals surface area contributed by atoms with Gasteiger partial charge in [-0.25, -0.2) is 4.39 Å². The van der Waals surface area contributed by atoms with Crippen molar-refractivity contribution in [1.29, 1.82) is 0 Å². The summed E-state index contributed by atoms with van der Waals surface area (Å²) in [5.41, 5.74) is 2.24. The van der Waals surface area contributed by atoms with Gasteiger partial charge in [0.1, 0.15) is 5.82 Å². The van der Waals surface area contributed by atoms with Gasteiger partial charge in [0.25, 0.3) is 0 Å². The van der Waals surface area contributed by atoms with Crippen molar-refractivity contribution in [2.24, 2.45) is 0 Å². The molecule has 0 saturated carbocycles. The average Bonchev–Trinajstić information content (AvgIpc) is 2.48. The Balaban J connectivity index is 1.87. The Bertz CT molecular complexity index is 581. The van der Waals surface area contributed by atoms with Crippen molar-refractivity contribution in [2.75, 3.05) is 0 Å². The highest BCUT2D eigenvalue weighted by Gasteiger charge is 2.16. The highest BCUT2D eigenvalue weighted by molar-refractivity contribution is 6.30. The predicted molar refractivity (Wildman–Crippen MR) is 87.1 cm³/mol. The van der Waals surface area contributed by atoms with Crippen molar-refractivity contribution < 1.29 is 4.39 Å². The summed E-state index contributed by atoms with van der Waals surface area (Å²) in [5.74, 6) is -0.363. The number of aryl methyl sites for hydroxylation is 1. The molecule has 0 fully saturated rings.